The summed E-state index contributed by atoms with van der Waals surface area (Å²) in [6.07, 6.45) is 26.7. The molecule has 0 fully saturated rings. The Morgan fingerprint density at radius 3 is 1.61 bits per heavy atom. The molecule has 1 atom stereocenters. The van der Waals surface area contributed by atoms with Crippen molar-refractivity contribution in [2.24, 2.45) is 0 Å². The average Bonchev–Trinajstić information content (AvgIpc) is 2.82. The molecule has 196 valence electrons. The summed E-state index contributed by atoms with van der Waals surface area (Å²) in [4.78, 5) is 12.2. The third-order valence-electron chi connectivity index (χ3n) is 7.31. The maximum absolute atomic E-state index is 12.2. The monoisotopic (exact) mass is 465 g/mol. The number of rotatable bonds is 26. The van der Waals surface area contributed by atoms with Gasteiger partial charge in [0.05, 0.1) is 26.2 Å². The van der Waals surface area contributed by atoms with Gasteiger partial charge in [0.25, 0.3) is 0 Å². The molecule has 0 saturated heterocycles. The van der Waals surface area contributed by atoms with Crippen LogP contribution in [0.4, 0.5) is 0 Å². The number of carbonyl (C=O) groups excluding carboxylic acids is 1. The lowest BCUT2D eigenvalue weighted by Gasteiger charge is -2.37. The predicted octanol–water partition coefficient (Wildman–Crippen LogP) is 8.58. The molecule has 0 rings (SSSR count). The number of carbonyl (C=O) groups is 1. The fourth-order valence-electron chi connectivity index (χ4n) is 4.92. The lowest BCUT2D eigenvalue weighted by molar-refractivity contribution is -0.921. The summed E-state index contributed by atoms with van der Waals surface area (Å²) in [5.74, 6) is 0.249. The molecule has 0 aliphatic carbocycles. The van der Waals surface area contributed by atoms with E-state index in [1.165, 1.54) is 109 Å². The van der Waals surface area contributed by atoms with Crippen LogP contribution < -0.4 is 5.32 Å². The van der Waals surface area contributed by atoms with Gasteiger partial charge in [0.1, 0.15) is 0 Å². The van der Waals surface area contributed by atoms with Crippen molar-refractivity contribution in [3.63, 3.8) is 0 Å². The molecule has 3 heteroatoms. The van der Waals surface area contributed by atoms with Gasteiger partial charge in [-0.05, 0) is 32.3 Å². The highest BCUT2D eigenvalue weighted by Gasteiger charge is 2.22. The fraction of sp³-hybridized carbons (Fsp3) is 0.900. The Bertz CT molecular complexity index is 437. The van der Waals surface area contributed by atoms with E-state index in [4.69, 9.17) is 0 Å². The fourth-order valence-corrected chi connectivity index (χ4v) is 4.92. The number of quaternary nitrogens is 1. The quantitative estimate of drug-likeness (QED) is 0.0773. The molecule has 0 bridgehead atoms. The van der Waals surface area contributed by atoms with E-state index in [9.17, 15) is 4.79 Å². The summed E-state index contributed by atoms with van der Waals surface area (Å²) in [5, 5.41) is 3.17. The minimum absolute atomic E-state index is 0.249. The standard InChI is InChI=1S/C30H60N2O/c1-5-9-11-13-14-15-16-17-18-19-20-21-22-25-30(33)31-26-24-29-32(8-4,27-7-3)28-23-12-10-6-2/h7H,3,5-6,8-29H2,1-2,4H3/p+1. The van der Waals surface area contributed by atoms with Gasteiger partial charge in [0, 0.05) is 19.4 Å². The van der Waals surface area contributed by atoms with Crippen molar-refractivity contribution in [1.29, 1.82) is 0 Å². The van der Waals surface area contributed by atoms with Gasteiger partial charge in [-0.2, -0.15) is 0 Å². The Morgan fingerprint density at radius 1 is 0.667 bits per heavy atom. The van der Waals surface area contributed by atoms with Crippen LogP contribution in [0, 0.1) is 0 Å². The van der Waals surface area contributed by atoms with Crippen molar-refractivity contribution in [3.8, 4) is 0 Å². The third kappa shape index (κ3) is 20.3. The second-order valence-electron chi connectivity index (χ2n) is 10.3. The van der Waals surface area contributed by atoms with Gasteiger partial charge in [-0.25, -0.2) is 0 Å². The molecule has 0 aliphatic heterocycles. The van der Waals surface area contributed by atoms with Gasteiger partial charge in [0.15, 0.2) is 0 Å². The van der Waals surface area contributed by atoms with Crippen LogP contribution in [0.25, 0.3) is 0 Å². The third-order valence-corrected chi connectivity index (χ3v) is 7.31. The van der Waals surface area contributed by atoms with Gasteiger partial charge in [0.2, 0.25) is 5.91 Å². The Labute approximate surface area is 208 Å². The average molecular weight is 466 g/mol. The molecule has 3 nitrogen and oxygen atoms in total. The van der Waals surface area contributed by atoms with E-state index >= 15 is 0 Å². The molecule has 0 spiro atoms. The molecule has 0 radical (unpaired) electrons. The first-order valence-electron chi connectivity index (χ1n) is 14.9. The number of amides is 1. The molecule has 0 aliphatic rings. The lowest BCUT2D eigenvalue weighted by atomic mass is 10.0. The highest BCUT2D eigenvalue weighted by Crippen LogP contribution is 2.14. The maximum Gasteiger partial charge on any atom is 0.219 e. The first-order valence-corrected chi connectivity index (χ1v) is 14.9. The highest BCUT2D eigenvalue weighted by molar-refractivity contribution is 5.75. The van der Waals surface area contributed by atoms with Crippen molar-refractivity contribution in [2.75, 3.05) is 32.7 Å². The van der Waals surface area contributed by atoms with Crippen LogP contribution in [0.1, 0.15) is 143 Å². The zero-order chi connectivity index (χ0) is 24.5. The summed E-state index contributed by atoms with van der Waals surface area (Å²) in [6.45, 7) is 16.3. The number of unbranched alkanes of at least 4 members (excludes halogenated alkanes) is 15. The minimum atomic E-state index is 0.249. The van der Waals surface area contributed by atoms with E-state index in [0.717, 1.165) is 43.5 Å². The summed E-state index contributed by atoms with van der Waals surface area (Å²) in [7, 11) is 0. The molecule has 1 N–H and O–H groups in total. The Hall–Kier alpha value is -0.830. The summed E-state index contributed by atoms with van der Waals surface area (Å²) in [5.41, 5.74) is 0. The van der Waals surface area contributed by atoms with Crippen LogP contribution in [0.3, 0.4) is 0 Å². The van der Waals surface area contributed by atoms with Crippen molar-refractivity contribution >= 4 is 5.91 Å². The Balaban J connectivity index is 3.67. The van der Waals surface area contributed by atoms with E-state index in [-0.39, 0.29) is 5.91 Å². The number of hydrogen-bond donors (Lipinski definition) is 1. The molecule has 0 heterocycles. The van der Waals surface area contributed by atoms with E-state index in [1.54, 1.807) is 0 Å². The molecule has 1 unspecified atom stereocenters. The van der Waals surface area contributed by atoms with Gasteiger partial charge in [-0.15, -0.1) is 0 Å². The van der Waals surface area contributed by atoms with E-state index < -0.39 is 0 Å². The summed E-state index contributed by atoms with van der Waals surface area (Å²) in [6, 6.07) is 0. The van der Waals surface area contributed by atoms with E-state index in [0.29, 0.717) is 6.42 Å². The zero-order valence-corrected chi connectivity index (χ0v) is 23.1. The van der Waals surface area contributed by atoms with Crippen LogP contribution in [-0.2, 0) is 4.79 Å². The molecule has 1 amide bonds. The molecule has 0 aromatic heterocycles. The smallest absolute Gasteiger partial charge is 0.219 e. The van der Waals surface area contributed by atoms with Crippen LogP contribution in [-0.4, -0.2) is 43.1 Å². The van der Waals surface area contributed by atoms with Gasteiger partial charge in [-0.1, -0.05) is 110 Å². The van der Waals surface area contributed by atoms with Crippen LogP contribution in [0.2, 0.25) is 0 Å². The lowest BCUT2D eigenvalue weighted by Crippen LogP contribution is -2.50. The minimum Gasteiger partial charge on any atom is -0.356 e. The predicted molar refractivity (Wildman–Crippen MR) is 148 cm³/mol. The number of hydrogen-bond acceptors (Lipinski definition) is 1. The van der Waals surface area contributed by atoms with Crippen LogP contribution >= 0.6 is 0 Å². The second kappa shape index (κ2) is 24.3. The van der Waals surface area contributed by atoms with Crippen LogP contribution in [0.15, 0.2) is 12.7 Å². The normalized spacial score (nSPS) is 13.1. The van der Waals surface area contributed by atoms with Crippen molar-refractivity contribution < 1.29 is 9.28 Å². The van der Waals surface area contributed by atoms with Gasteiger partial charge in [-0.3, -0.25) is 4.79 Å². The van der Waals surface area contributed by atoms with E-state index in [1.807, 2.05) is 0 Å². The topological polar surface area (TPSA) is 29.1 Å². The van der Waals surface area contributed by atoms with Gasteiger partial charge < -0.3 is 9.80 Å². The SMILES string of the molecule is C=CC[N+](CC)(CCCCCC)CCCNC(=O)CCCCCCCCCCCCCCC. The molecule has 0 saturated carbocycles. The number of likely N-dealkylation sites (N-methyl/N-ethyl adjacent to an activating group) is 1. The van der Waals surface area contributed by atoms with E-state index in [2.05, 4.69) is 38.7 Å². The zero-order valence-electron chi connectivity index (χ0n) is 23.1. The van der Waals surface area contributed by atoms with Crippen molar-refractivity contribution in [1.82, 2.24) is 5.32 Å². The Kier molecular flexibility index (Phi) is 23.7. The highest BCUT2D eigenvalue weighted by atomic mass is 16.1. The van der Waals surface area contributed by atoms with Crippen molar-refractivity contribution in [3.05, 3.63) is 12.7 Å². The first kappa shape index (κ1) is 32.2. The number of nitrogens with one attached hydrogen (secondary N) is 1. The Morgan fingerprint density at radius 2 is 1.12 bits per heavy atom. The molecule has 0 aromatic rings. The first-order chi connectivity index (χ1) is 16.1. The largest absolute Gasteiger partial charge is 0.356 e. The molecular weight excluding hydrogens is 404 g/mol. The van der Waals surface area contributed by atoms with Gasteiger partial charge >= 0.3 is 0 Å². The van der Waals surface area contributed by atoms with Crippen LogP contribution in [0.5, 0.6) is 0 Å². The van der Waals surface area contributed by atoms with Crippen molar-refractivity contribution in [2.45, 2.75) is 143 Å². The molecule has 33 heavy (non-hydrogen) atoms. The summed E-state index contributed by atoms with van der Waals surface area (Å²) < 4.78 is 1.13. The summed E-state index contributed by atoms with van der Waals surface area (Å²) >= 11 is 0. The molecular formula is C30H61N2O+. The molecule has 0 aromatic carbocycles. The maximum atomic E-state index is 12.2. The number of nitrogens with zero attached hydrogens (tertiary/aromatic N) is 1. The second-order valence-corrected chi connectivity index (χ2v) is 10.3.